The Morgan fingerprint density at radius 1 is 0.886 bits per heavy atom. The quantitative estimate of drug-likeness (QED) is 0.397. The number of piperidine rings is 2. The van der Waals surface area contributed by atoms with Gasteiger partial charge < -0.3 is 15.0 Å². The lowest BCUT2D eigenvalue weighted by molar-refractivity contribution is -0.131. The van der Waals surface area contributed by atoms with Crippen molar-refractivity contribution in [3.8, 4) is 0 Å². The van der Waals surface area contributed by atoms with Crippen molar-refractivity contribution in [2.45, 2.75) is 19.3 Å². The molecule has 0 aromatic heterocycles. The van der Waals surface area contributed by atoms with E-state index in [1.165, 1.54) is 24.3 Å². The third-order valence-electron chi connectivity index (χ3n) is 6.30. The molecule has 2 heterocycles. The van der Waals surface area contributed by atoms with Gasteiger partial charge in [0, 0.05) is 63.1 Å². The molecule has 0 bridgehead atoms. The first kappa shape index (κ1) is 24.5. The van der Waals surface area contributed by atoms with Crippen molar-refractivity contribution >= 4 is 29.6 Å². The number of hydrogen-bond donors (Lipinski definition) is 1. The summed E-state index contributed by atoms with van der Waals surface area (Å²) in [6.07, 6.45) is 5.02. The average molecular weight is 480 g/mol. The van der Waals surface area contributed by atoms with Crippen LogP contribution in [0.5, 0.6) is 0 Å². The normalized spacial score (nSPS) is 19.4. The average Bonchev–Trinajstić information content (AvgIpc) is 2.87. The number of carbonyl (C=O) groups is 2. The number of ketones is 1. The zero-order valence-electron chi connectivity index (χ0n) is 19.3. The lowest BCUT2D eigenvalue weighted by Gasteiger charge is -2.32. The highest BCUT2D eigenvalue weighted by Crippen LogP contribution is 2.23. The van der Waals surface area contributed by atoms with Crippen LogP contribution in [0.25, 0.3) is 12.2 Å². The van der Waals surface area contributed by atoms with E-state index in [1.807, 2.05) is 0 Å². The first-order chi connectivity index (χ1) is 16.9. The Kier molecular flexibility index (Phi) is 7.82. The molecule has 2 saturated heterocycles. The molecule has 2 aromatic rings. The van der Waals surface area contributed by atoms with Gasteiger partial charge in [-0.2, -0.15) is 0 Å². The Balaban J connectivity index is 1.52. The SMILES string of the molecule is O=C1/C(=C/c2ccc(F)cc2)CN(C(=O)CCN2CCC(=NO)CC2)C/C1=C\c1ccc(F)cc1. The molecule has 0 saturated carbocycles. The predicted octanol–water partition coefficient (Wildman–Crippen LogP) is 4.16. The van der Waals surface area contributed by atoms with Crippen LogP contribution in [-0.2, 0) is 9.59 Å². The van der Waals surface area contributed by atoms with Gasteiger partial charge in [-0.25, -0.2) is 8.78 Å². The van der Waals surface area contributed by atoms with Gasteiger partial charge in [0.1, 0.15) is 11.6 Å². The van der Waals surface area contributed by atoms with Crippen LogP contribution in [0.3, 0.4) is 0 Å². The number of likely N-dealkylation sites (tertiary alicyclic amines) is 2. The van der Waals surface area contributed by atoms with E-state index in [1.54, 1.807) is 41.3 Å². The highest BCUT2D eigenvalue weighted by atomic mass is 19.1. The lowest BCUT2D eigenvalue weighted by atomic mass is 9.94. The van der Waals surface area contributed by atoms with E-state index < -0.39 is 0 Å². The first-order valence-corrected chi connectivity index (χ1v) is 11.6. The summed E-state index contributed by atoms with van der Waals surface area (Å²) in [5.74, 6) is -1.000. The standard InChI is InChI=1S/C27H27F2N3O3/c28-23-5-1-19(2-6-23)15-21-17-32(26(33)11-14-31-12-9-25(30-35)10-13-31)18-22(27(21)34)16-20-3-7-24(29)8-4-20/h1-8,15-16,35H,9-14,17-18H2/b21-15+,22-16+. The van der Waals surface area contributed by atoms with Gasteiger partial charge in [0.25, 0.3) is 0 Å². The highest BCUT2D eigenvalue weighted by Gasteiger charge is 2.29. The maximum Gasteiger partial charge on any atom is 0.224 e. The smallest absolute Gasteiger partial charge is 0.224 e. The summed E-state index contributed by atoms with van der Waals surface area (Å²) in [4.78, 5) is 30.2. The monoisotopic (exact) mass is 479 g/mol. The Bertz CT molecular complexity index is 1090. The van der Waals surface area contributed by atoms with Gasteiger partial charge >= 0.3 is 0 Å². The van der Waals surface area contributed by atoms with E-state index in [4.69, 9.17) is 5.21 Å². The molecule has 182 valence electrons. The molecule has 8 heteroatoms. The van der Waals surface area contributed by atoms with E-state index in [0.717, 1.165) is 18.8 Å². The molecular weight excluding hydrogens is 452 g/mol. The van der Waals surface area contributed by atoms with Crippen molar-refractivity contribution < 1.29 is 23.6 Å². The van der Waals surface area contributed by atoms with Crippen molar-refractivity contribution in [3.63, 3.8) is 0 Å². The van der Waals surface area contributed by atoms with Crippen LogP contribution in [0, 0.1) is 11.6 Å². The maximum absolute atomic E-state index is 13.3. The summed E-state index contributed by atoms with van der Waals surface area (Å²) < 4.78 is 26.6. The van der Waals surface area contributed by atoms with Crippen LogP contribution in [0.4, 0.5) is 8.78 Å². The highest BCUT2D eigenvalue weighted by molar-refractivity contribution is 6.15. The minimum Gasteiger partial charge on any atom is -0.411 e. The Morgan fingerprint density at radius 3 is 1.83 bits per heavy atom. The fraction of sp³-hybridized carbons (Fsp3) is 0.296. The van der Waals surface area contributed by atoms with Crippen molar-refractivity contribution in [3.05, 3.63) is 82.4 Å². The predicted molar refractivity (Wildman–Crippen MR) is 130 cm³/mol. The third-order valence-corrected chi connectivity index (χ3v) is 6.30. The van der Waals surface area contributed by atoms with Gasteiger partial charge in [-0.3, -0.25) is 9.59 Å². The van der Waals surface area contributed by atoms with E-state index in [-0.39, 0.29) is 36.4 Å². The lowest BCUT2D eigenvalue weighted by Crippen LogP contribution is -2.43. The Morgan fingerprint density at radius 2 is 1.37 bits per heavy atom. The molecule has 1 N–H and O–H groups in total. The molecule has 6 nitrogen and oxygen atoms in total. The van der Waals surface area contributed by atoms with Crippen LogP contribution in [0.15, 0.2) is 64.8 Å². The maximum atomic E-state index is 13.3. The number of halogens is 2. The second-order valence-electron chi connectivity index (χ2n) is 8.78. The van der Waals surface area contributed by atoms with E-state index in [9.17, 15) is 18.4 Å². The number of benzene rings is 2. The van der Waals surface area contributed by atoms with Gasteiger partial charge in [-0.05, 0) is 47.5 Å². The summed E-state index contributed by atoms with van der Waals surface area (Å²) in [5, 5.41) is 12.2. The van der Waals surface area contributed by atoms with E-state index >= 15 is 0 Å². The van der Waals surface area contributed by atoms with Crippen LogP contribution in [0.2, 0.25) is 0 Å². The molecular formula is C27H27F2N3O3. The number of carbonyl (C=O) groups excluding carboxylic acids is 2. The minimum atomic E-state index is -0.370. The first-order valence-electron chi connectivity index (χ1n) is 11.6. The fourth-order valence-electron chi connectivity index (χ4n) is 4.28. The van der Waals surface area contributed by atoms with Gasteiger partial charge in [-0.15, -0.1) is 0 Å². The van der Waals surface area contributed by atoms with Crippen LogP contribution in [-0.4, -0.2) is 65.1 Å². The summed E-state index contributed by atoms with van der Waals surface area (Å²) >= 11 is 0. The topological polar surface area (TPSA) is 73.2 Å². The van der Waals surface area contributed by atoms with Crippen LogP contribution < -0.4 is 0 Å². The second kappa shape index (κ2) is 11.2. The van der Waals surface area contributed by atoms with Crippen molar-refractivity contribution in [1.82, 2.24) is 9.80 Å². The van der Waals surface area contributed by atoms with Crippen molar-refractivity contribution in [2.24, 2.45) is 5.16 Å². The summed E-state index contributed by atoms with van der Waals surface area (Å²) in [6, 6.07) is 11.6. The van der Waals surface area contributed by atoms with Gasteiger partial charge in [-0.1, -0.05) is 29.4 Å². The van der Waals surface area contributed by atoms with Gasteiger partial charge in [0.2, 0.25) is 5.91 Å². The number of nitrogens with zero attached hydrogens (tertiary/aromatic N) is 3. The third kappa shape index (κ3) is 6.48. The molecule has 35 heavy (non-hydrogen) atoms. The molecule has 0 unspecified atom stereocenters. The number of oxime groups is 1. The molecule has 0 radical (unpaired) electrons. The van der Waals surface area contributed by atoms with Gasteiger partial charge in [0.15, 0.2) is 5.78 Å². The van der Waals surface area contributed by atoms with Crippen molar-refractivity contribution in [1.29, 1.82) is 0 Å². The van der Waals surface area contributed by atoms with Crippen molar-refractivity contribution in [2.75, 3.05) is 32.7 Å². The molecule has 2 fully saturated rings. The zero-order chi connectivity index (χ0) is 24.8. The number of Topliss-reactive ketones (excluding diaryl/α,β-unsaturated/α-hetero) is 1. The number of rotatable bonds is 5. The molecule has 1 amide bonds. The molecule has 2 aliphatic heterocycles. The molecule has 0 aliphatic carbocycles. The van der Waals surface area contributed by atoms with Gasteiger partial charge in [0.05, 0.1) is 5.71 Å². The van der Waals surface area contributed by atoms with Crippen LogP contribution in [0.1, 0.15) is 30.4 Å². The molecule has 4 rings (SSSR count). The van der Waals surface area contributed by atoms with Crippen LogP contribution >= 0.6 is 0 Å². The molecule has 2 aromatic carbocycles. The zero-order valence-corrected chi connectivity index (χ0v) is 19.3. The second-order valence-corrected chi connectivity index (χ2v) is 8.78. The summed E-state index contributed by atoms with van der Waals surface area (Å²) in [7, 11) is 0. The number of amides is 1. The Hall–Kier alpha value is -3.65. The largest absolute Gasteiger partial charge is 0.411 e. The fourth-order valence-corrected chi connectivity index (χ4v) is 4.28. The van der Waals surface area contributed by atoms with E-state index in [0.29, 0.717) is 48.1 Å². The Labute approximate surface area is 202 Å². The summed E-state index contributed by atoms with van der Waals surface area (Å²) in [5.41, 5.74) is 2.98. The van der Waals surface area contributed by atoms with E-state index in [2.05, 4.69) is 10.1 Å². The number of hydrogen-bond acceptors (Lipinski definition) is 5. The minimum absolute atomic E-state index is 0.0749. The molecule has 2 aliphatic rings. The molecule has 0 atom stereocenters. The molecule has 0 spiro atoms. The summed E-state index contributed by atoms with van der Waals surface area (Å²) in [6.45, 7) is 2.37.